The first kappa shape index (κ1) is 26.3. The van der Waals surface area contributed by atoms with Crippen LogP contribution in [0.5, 0.6) is 0 Å². The van der Waals surface area contributed by atoms with Crippen molar-refractivity contribution in [1.29, 1.82) is 0 Å². The summed E-state index contributed by atoms with van der Waals surface area (Å²) in [4.78, 5) is 1.26. The summed E-state index contributed by atoms with van der Waals surface area (Å²) in [6.07, 6.45) is 10.4. The number of aryl methyl sites for hydroxylation is 1. The lowest BCUT2D eigenvalue weighted by molar-refractivity contribution is 0.0819. The number of hydrogen-bond acceptors (Lipinski definition) is 6. The molecule has 0 fully saturated rings. The van der Waals surface area contributed by atoms with Crippen molar-refractivity contribution in [3.05, 3.63) is 29.8 Å². The standard InChI is InChI=1S/C21H37BO3S3/c1-5-6-7-8-9-10-11-14-20-15-12-13-16-21(20)28-19(4)25-22(23-17(2)26)24-18(3)27/h12-13,15-19,26-27H,5-11,14H2,1-4H3. The van der Waals surface area contributed by atoms with Crippen molar-refractivity contribution in [3.8, 4) is 0 Å². The molecule has 0 spiro atoms. The first-order chi connectivity index (χ1) is 13.4. The fourth-order valence-corrected chi connectivity index (χ4v) is 4.06. The van der Waals surface area contributed by atoms with Crippen molar-refractivity contribution in [2.75, 3.05) is 0 Å². The minimum absolute atomic E-state index is 0.112. The number of rotatable bonds is 16. The molecule has 160 valence electrons. The van der Waals surface area contributed by atoms with Crippen molar-refractivity contribution in [3.63, 3.8) is 0 Å². The molecule has 0 saturated heterocycles. The van der Waals surface area contributed by atoms with Crippen LogP contribution in [-0.4, -0.2) is 23.6 Å². The molecule has 0 aliphatic carbocycles. The van der Waals surface area contributed by atoms with Gasteiger partial charge in [0.25, 0.3) is 0 Å². The Morgan fingerprint density at radius 1 is 0.857 bits per heavy atom. The van der Waals surface area contributed by atoms with Crippen LogP contribution in [0.1, 0.15) is 78.2 Å². The predicted molar refractivity (Wildman–Crippen MR) is 129 cm³/mol. The second kappa shape index (κ2) is 16.0. The van der Waals surface area contributed by atoms with Gasteiger partial charge < -0.3 is 14.0 Å². The molecule has 1 aromatic rings. The van der Waals surface area contributed by atoms with Gasteiger partial charge in [-0.15, -0.1) is 25.3 Å². The van der Waals surface area contributed by atoms with Gasteiger partial charge in [-0.25, -0.2) is 0 Å². The molecule has 7 heteroatoms. The summed E-state index contributed by atoms with van der Waals surface area (Å²) in [5, 5.41) is 0. The Balaban J connectivity index is 2.49. The van der Waals surface area contributed by atoms with Gasteiger partial charge in [-0.3, -0.25) is 0 Å². The SMILES string of the molecule is CCCCCCCCCc1ccccc1SC(C)OB(OC(C)S)OC(C)S. The molecule has 1 rings (SSSR count). The summed E-state index contributed by atoms with van der Waals surface area (Å²) in [7, 11) is -0.780. The first-order valence-corrected chi connectivity index (χ1v) is 12.4. The molecule has 3 unspecified atom stereocenters. The summed E-state index contributed by atoms with van der Waals surface area (Å²) >= 11 is 10.2. The van der Waals surface area contributed by atoms with Crippen LogP contribution in [0.15, 0.2) is 29.2 Å². The summed E-state index contributed by atoms with van der Waals surface area (Å²) in [6.45, 7) is 7.95. The summed E-state index contributed by atoms with van der Waals surface area (Å²) in [5.41, 5.74) is 0.720. The van der Waals surface area contributed by atoms with Gasteiger partial charge in [-0.1, -0.05) is 75.4 Å². The zero-order chi connectivity index (χ0) is 20.8. The van der Waals surface area contributed by atoms with E-state index in [1.54, 1.807) is 11.8 Å². The molecule has 0 aromatic heterocycles. The normalized spacial score (nSPS) is 14.6. The third kappa shape index (κ3) is 12.7. The maximum Gasteiger partial charge on any atom is 0.641 e. The number of hydrogen-bond donors (Lipinski definition) is 2. The highest BCUT2D eigenvalue weighted by Crippen LogP contribution is 2.29. The fourth-order valence-electron chi connectivity index (χ4n) is 2.88. The number of unbranched alkanes of at least 4 members (excludes halogenated alkanes) is 6. The molecule has 0 bridgehead atoms. The topological polar surface area (TPSA) is 27.7 Å². The molecule has 0 radical (unpaired) electrons. The van der Waals surface area contributed by atoms with Crippen LogP contribution in [0.25, 0.3) is 0 Å². The monoisotopic (exact) mass is 444 g/mol. The Kier molecular flexibility index (Phi) is 15.0. The third-order valence-electron chi connectivity index (χ3n) is 4.23. The highest BCUT2D eigenvalue weighted by atomic mass is 32.2. The van der Waals surface area contributed by atoms with Gasteiger partial charge in [0.2, 0.25) is 0 Å². The Morgan fingerprint density at radius 3 is 2.04 bits per heavy atom. The lowest BCUT2D eigenvalue weighted by Gasteiger charge is -2.22. The predicted octanol–water partition coefficient (Wildman–Crippen LogP) is 7.00. The zero-order valence-corrected chi connectivity index (χ0v) is 20.4. The van der Waals surface area contributed by atoms with Crippen LogP contribution >= 0.6 is 37.0 Å². The Labute approximate surface area is 188 Å². The molecule has 3 atom stereocenters. The Bertz CT molecular complexity index is 507. The van der Waals surface area contributed by atoms with Gasteiger partial charge in [0.15, 0.2) is 0 Å². The van der Waals surface area contributed by atoms with Gasteiger partial charge in [0.05, 0.1) is 16.3 Å². The first-order valence-electron chi connectivity index (χ1n) is 10.5. The Hall–Kier alpha value is 0.215. The second-order valence-corrected chi connectivity index (χ2v) is 9.85. The average molecular weight is 445 g/mol. The van der Waals surface area contributed by atoms with Crippen LogP contribution in [0, 0.1) is 0 Å². The van der Waals surface area contributed by atoms with E-state index in [1.165, 1.54) is 55.4 Å². The van der Waals surface area contributed by atoms with Crippen molar-refractivity contribution >= 4 is 44.3 Å². The third-order valence-corrected chi connectivity index (χ3v) is 5.57. The van der Waals surface area contributed by atoms with Gasteiger partial charge in [-0.05, 0) is 45.2 Å². The highest BCUT2D eigenvalue weighted by Gasteiger charge is 2.28. The van der Waals surface area contributed by atoms with Crippen molar-refractivity contribution < 1.29 is 14.0 Å². The molecule has 28 heavy (non-hydrogen) atoms. The van der Waals surface area contributed by atoms with Crippen LogP contribution in [0.2, 0.25) is 0 Å². The minimum Gasteiger partial charge on any atom is -0.374 e. The van der Waals surface area contributed by atoms with E-state index >= 15 is 0 Å². The molecule has 0 heterocycles. The van der Waals surface area contributed by atoms with E-state index in [4.69, 9.17) is 14.0 Å². The molecule has 0 N–H and O–H groups in total. The molecular weight excluding hydrogens is 407 g/mol. The van der Waals surface area contributed by atoms with Crippen molar-refractivity contribution in [2.45, 2.75) is 100 Å². The van der Waals surface area contributed by atoms with E-state index in [9.17, 15) is 0 Å². The van der Waals surface area contributed by atoms with Crippen LogP contribution in [-0.2, 0) is 20.4 Å². The molecule has 1 aromatic carbocycles. The molecule has 0 amide bonds. The van der Waals surface area contributed by atoms with E-state index in [0.29, 0.717) is 0 Å². The van der Waals surface area contributed by atoms with Crippen molar-refractivity contribution in [2.24, 2.45) is 0 Å². The van der Waals surface area contributed by atoms with E-state index in [2.05, 4.69) is 56.4 Å². The van der Waals surface area contributed by atoms with E-state index in [1.807, 2.05) is 20.8 Å². The van der Waals surface area contributed by atoms with Crippen LogP contribution < -0.4 is 0 Å². The number of thiol groups is 2. The van der Waals surface area contributed by atoms with Gasteiger partial charge in [0, 0.05) is 4.90 Å². The lowest BCUT2D eigenvalue weighted by Crippen LogP contribution is -2.33. The van der Waals surface area contributed by atoms with E-state index < -0.39 is 7.32 Å². The van der Waals surface area contributed by atoms with Crippen LogP contribution in [0.4, 0.5) is 0 Å². The molecular formula is C21H37BO3S3. The van der Waals surface area contributed by atoms with Crippen LogP contribution in [0.3, 0.4) is 0 Å². The summed E-state index contributed by atoms with van der Waals surface area (Å²) in [5.74, 6) is 0. The molecule has 0 aliphatic rings. The van der Waals surface area contributed by atoms with Gasteiger partial charge in [0.1, 0.15) is 0 Å². The lowest BCUT2D eigenvalue weighted by atomic mass is 10.0. The minimum atomic E-state index is -0.780. The molecule has 0 saturated carbocycles. The number of benzene rings is 1. The largest absolute Gasteiger partial charge is 0.641 e. The average Bonchev–Trinajstić information content (AvgIpc) is 2.61. The molecule has 3 nitrogen and oxygen atoms in total. The summed E-state index contributed by atoms with van der Waals surface area (Å²) in [6, 6.07) is 8.59. The van der Waals surface area contributed by atoms with Gasteiger partial charge >= 0.3 is 7.32 Å². The Morgan fingerprint density at radius 2 is 1.43 bits per heavy atom. The molecule has 0 aliphatic heterocycles. The van der Waals surface area contributed by atoms with E-state index in [-0.39, 0.29) is 16.3 Å². The zero-order valence-electron chi connectivity index (χ0n) is 17.8. The quantitative estimate of drug-likeness (QED) is 0.0943. The summed E-state index contributed by atoms with van der Waals surface area (Å²) < 4.78 is 17.1. The smallest absolute Gasteiger partial charge is 0.374 e. The number of thioether (sulfide) groups is 1. The second-order valence-electron chi connectivity index (χ2n) is 7.06. The maximum absolute atomic E-state index is 5.93. The van der Waals surface area contributed by atoms with E-state index in [0.717, 1.165) is 6.42 Å². The highest BCUT2D eigenvalue weighted by molar-refractivity contribution is 7.99. The van der Waals surface area contributed by atoms with Gasteiger partial charge in [-0.2, -0.15) is 0 Å². The van der Waals surface area contributed by atoms with Crippen molar-refractivity contribution in [1.82, 2.24) is 0 Å². The maximum atomic E-state index is 5.93. The fraction of sp³-hybridized carbons (Fsp3) is 0.714.